The van der Waals surface area contributed by atoms with E-state index >= 15 is 0 Å². The molecule has 0 N–H and O–H groups in total. The lowest BCUT2D eigenvalue weighted by Gasteiger charge is -2.39. The van der Waals surface area contributed by atoms with Crippen LogP contribution in [0.3, 0.4) is 0 Å². The third-order valence-electron chi connectivity index (χ3n) is 5.09. The number of carbonyl (C=O) groups excluding carboxylic acids is 1. The van der Waals surface area contributed by atoms with Gasteiger partial charge in [-0.2, -0.15) is 0 Å². The molecule has 0 unspecified atom stereocenters. The van der Waals surface area contributed by atoms with Gasteiger partial charge in [-0.1, -0.05) is 60.7 Å². The number of halogens is 1. The van der Waals surface area contributed by atoms with E-state index in [1.54, 1.807) is 0 Å². The lowest BCUT2D eigenvalue weighted by molar-refractivity contribution is -0.894. The molecule has 0 atom stereocenters. The van der Waals surface area contributed by atoms with Crippen LogP contribution >= 0.6 is 0 Å². The van der Waals surface area contributed by atoms with Crippen molar-refractivity contribution >= 4 is 5.91 Å². The Morgan fingerprint density at radius 3 is 1.80 bits per heavy atom. The zero-order valence-corrected chi connectivity index (χ0v) is 17.2. The van der Waals surface area contributed by atoms with Gasteiger partial charge in [0.1, 0.15) is 0 Å². The Morgan fingerprint density at radius 2 is 1.36 bits per heavy atom. The average Bonchev–Trinajstić information content (AvgIpc) is 2.61. The van der Waals surface area contributed by atoms with Gasteiger partial charge in [0, 0.05) is 12.3 Å². The number of hydrogen-bond acceptors (Lipinski definition) is 1. The van der Waals surface area contributed by atoms with Crippen LogP contribution in [0.5, 0.6) is 0 Å². The van der Waals surface area contributed by atoms with E-state index in [1.807, 2.05) is 17.0 Å². The van der Waals surface area contributed by atoms with E-state index in [-0.39, 0.29) is 35.8 Å². The fourth-order valence-corrected chi connectivity index (χ4v) is 3.36. The first-order valence-corrected chi connectivity index (χ1v) is 8.75. The largest absolute Gasteiger partial charge is 1.00 e. The van der Waals surface area contributed by atoms with Gasteiger partial charge in [-0.05, 0) is 11.1 Å². The molecule has 1 aliphatic heterocycles. The number of benzene rings is 2. The van der Waals surface area contributed by atoms with Crippen LogP contribution in [0.25, 0.3) is 0 Å². The third-order valence-corrected chi connectivity index (χ3v) is 5.09. The molecule has 1 heterocycles. The second-order valence-electron chi connectivity index (χ2n) is 7.34. The smallest absolute Gasteiger partial charge is 0.223 e. The number of rotatable bonds is 4. The van der Waals surface area contributed by atoms with Crippen LogP contribution in [-0.2, 0) is 4.79 Å². The van der Waals surface area contributed by atoms with Gasteiger partial charge < -0.3 is 33.4 Å². The SMILES string of the molecule is C[N+]1(C)CCN(C(=O)CC(c2ccccc2)c2ccccc2)CC1.[I-]. The Labute approximate surface area is 168 Å². The number of carbonyl (C=O) groups is 1. The highest BCUT2D eigenvalue weighted by molar-refractivity contribution is 5.78. The quantitative estimate of drug-likeness (QED) is 0.479. The number of nitrogens with zero attached hydrogens (tertiary/aromatic N) is 2. The fourth-order valence-electron chi connectivity index (χ4n) is 3.36. The zero-order chi connectivity index (χ0) is 17.0. The third kappa shape index (κ3) is 5.28. The molecule has 0 spiro atoms. The van der Waals surface area contributed by atoms with Crippen molar-refractivity contribution in [2.75, 3.05) is 40.3 Å². The van der Waals surface area contributed by atoms with Crippen LogP contribution < -0.4 is 24.0 Å². The van der Waals surface area contributed by atoms with Gasteiger partial charge in [0.15, 0.2) is 0 Å². The lowest BCUT2D eigenvalue weighted by Crippen LogP contribution is -3.00. The van der Waals surface area contributed by atoms with Crippen molar-refractivity contribution in [2.45, 2.75) is 12.3 Å². The van der Waals surface area contributed by atoms with E-state index in [0.29, 0.717) is 6.42 Å². The van der Waals surface area contributed by atoms with E-state index in [1.165, 1.54) is 11.1 Å². The molecule has 4 heteroatoms. The van der Waals surface area contributed by atoms with Crippen LogP contribution in [0.4, 0.5) is 0 Å². The predicted octanol–water partition coefficient (Wildman–Crippen LogP) is 0.131. The molecule has 1 amide bonds. The van der Waals surface area contributed by atoms with Gasteiger partial charge in [0.25, 0.3) is 0 Å². The van der Waals surface area contributed by atoms with Gasteiger partial charge >= 0.3 is 0 Å². The first-order chi connectivity index (χ1) is 11.6. The molecule has 0 bridgehead atoms. The van der Waals surface area contributed by atoms with Crippen molar-refractivity contribution in [3.8, 4) is 0 Å². The number of quaternary nitrogens is 1. The molecule has 0 radical (unpaired) electrons. The van der Waals surface area contributed by atoms with Crippen LogP contribution in [0.15, 0.2) is 60.7 Å². The number of amides is 1. The van der Waals surface area contributed by atoms with E-state index < -0.39 is 0 Å². The topological polar surface area (TPSA) is 20.3 Å². The summed E-state index contributed by atoms with van der Waals surface area (Å²) < 4.78 is 1.00. The summed E-state index contributed by atoms with van der Waals surface area (Å²) in [6.07, 6.45) is 0.543. The van der Waals surface area contributed by atoms with Crippen molar-refractivity contribution in [3.63, 3.8) is 0 Å². The van der Waals surface area contributed by atoms with E-state index in [2.05, 4.69) is 62.6 Å². The Kier molecular flexibility index (Phi) is 7.02. The molecular weight excluding hydrogens is 423 g/mol. The summed E-state index contributed by atoms with van der Waals surface area (Å²) in [5.41, 5.74) is 2.43. The number of hydrogen-bond donors (Lipinski definition) is 0. The molecule has 134 valence electrons. The van der Waals surface area contributed by atoms with Crippen LogP contribution in [0.2, 0.25) is 0 Å². The van der Waals surface area contributed by atoms with Gasteiger partial charge in [0.2, 0.25) is 5.91 Å². The highest BCUT2D eigenvalue weighted by Gasteiger charge is 2.29. The summed E-state index contributed by atoms with van der Waals surface area (Å²) in [7, 11) is 4.47. The molecule has 25 heavy (non-hydrogen) atoms. The predicted molar refractivity (Wildman–Crippen MR) is 97.8 cm³/mol. The second kappa shape index (κ2) is 8.81. The monoisotopic (exact) mass is 450 g/mol. The molecule has 2 aromatic rings. The van der Waals surface area contributed by atoms with E-state index in [0.717, 1.165) is 30.7 Å². The number of piperazine rings is 1. The van der Waals surface area contributed by atoms with E-state index in [4.69, 9.17) is 0 Å². The first kappa shape index (κ1) is 19.9. The Bertz CT molecular complexity index is 623. The molecular formula is C21H27IN2O. The van der Waals surface area contributed by atoms with Crippen LogP contribution in [0.1, 0.15) is 23.5 Å². The van der Waals surface area contributed by atoms with Crippen molar-refractivity contribution < 1.29 is 33.3 Å². The molecule has 1 saturated heterocycles. The van der Waals surface area contributed by atoms with Crippen molar-refractivity contribution in [1.82, 2.24) is 4.90 Å². The second-order valence-corrected chi connectivity index (χ2v) is 7.34. The molecule has 0 aromatic heterocycles. The zero-order valence-electron chi connectivity index (χ0n) is 15.1. The minimum absolute atomic E-state index is 0. The van der Waals surface area contributed by atoms with Crippen LogP contribution in [-0.4, -0.2) is 55.6 Å². The summed E-state index contributed by atoms with van der Waals surface area (Å²) in [5.74, 6) is 0.400. The maximum absolute atomic E-state index is 12.9. The van der Waals surface area contributed by atoms with Gasteiger partial charge in [-0.3, -0.25) is 4.79 Å². The maximum atomic E-state index is 12.9. The van der Waals surface area contributed by atoms with Gasteiger partial charge in [-0.15, -0.1) is 0 Å². The molecule has 1 aliphatic rings. The fraction of sp³-hybridized carbons (Fsp3) is 0.381. The van der Waals surface area contributed by atoms with E-state index in [9.17, 15) is 4.79 Å². The molecule has 3 nitrogen and oxygen atoms in total. The number of likely N-dealkylation sites (N-methyl/N-ethyl adjacent to an activating group) is 1. The molecule has 1 fully saturated rings. The Hall–Kier alpha value is -1.40. The average molecular weight is 450 g/mol. The summed E-state index contributed by atoms with van der Waals surface area (Å²) >= 11 is 0. The summed E-state index contributed by atoms with van der Waals surface area (Å²) in [5, 5.41) is 0. The Balaban J connectivity index is 0.00000225. The summed E-state index contributed by atoms with van der Waals surface area (Å²) in [4.78, 5) is 14.9. The van der Waals surface area contributed by atoms with Crippen LogP contribution in [0, 0.1) is 0 Å². The highest BCUT2D eigenvalue weighted by atomic mass is 127. The maximum Gasteiger partial charge on any atom is 0.223 e. The van der Waals surface area contributed by atoms with Gasteiger partial charge in [-0.25, -0.2) is 0 Å². The Morgan fingerprint density at radius 1 is 0.920 bits per heavy atom. The summed E-state index contributed by atoms with van der Waals surface area (Å²) in [6, 6.07) is 20.8. The van der Waals surface area contributed by atoms with Crippen molar-refractivity contribution in [1.29, 1.82) is 0 Å². The molecule has 0 aliphatic carbocycles. The minimum atomic E-state index is 0. The molecule has 2 aromatic carbocycles. The van der Waals surface area contributed by atoms with Gasteiger partial charge in [0.05, 0.1) is 40.3 Å². The highest BCUT2D eigenvalue weighted by Crippen LogP contribution is 2.28. The first-order valence-electron chi connectivity index (χ1n) is 8.75. The van der Waals surface area contributed by atoms with Crippen molar-refractivity contribution in [2.24, 2.45) is 0 Å². The normalized spacial score (nSPS) is 16.4. The lowest BCUT2D eigenvalue weighted by atomic mass is 9.88. The summed E-state index contributed by atoms with van der Waals surface area (Å²) in [6.45, 7) is 3.80. The standard InChI is InChI=1S/C21H27N2O.HI/c1-23(2)15-13-22(14-16-23)21(24)17-20(18-9-5-3-6-10-18)19-11-7-4-8-12-19;/h3-12,20H,13-17H2,1-2H3;1H/q+1;/p-1. The molecule has 3 rings (SSSR count). The minimum Gasteiger partial charge on any atom is -1.00 e. The molecule has 0 saturated carbocycles. The van der Waals surface area contributed by atoms with Crippen molar-refractivity contribution in [3.05, 3.63) is 71.8 Å².